The highest BCUT2D eigenvalue weighted by Crippen LogP contribution is 2.29. The quantitative estimate of drug-likeness (QED) is 0.726. The van der Waals surface area contributed by atoms with Crippen molar-refractivity contribution in [3.63, 3.8) is 0 Å². The van der Waals surface area contributed by atoms with Gasteiger partial charge in [0.2, 0.25) is 0 Å². The van der Waals surface area contributed by atoms with E-state index in [9.17, 15) is 9.90 Å². The van der Waals surface area contributed by atoms with Crippen LogP contribution in [0.5, 0.6) is 0 Å². The highest BCUT2D eigenvalue weighted by molar-refractivity contribution is 6.30. The maximum Gasteiger partial charge on any atom is 0.261 e. The van der Waals surface area contributed by atoms with E-state index in [0.29, 0.717) is 15.9 Å². The standard InChI is InChI=1S/C21H23ClN4O2/c1-14(12-27)26-13-23-19-17(21(26)28)11-18(15-5-7-16(22)8-6-15)24-20(19)25-9-3-2-4-10-25/h5-8,11,13-14,27H,2-4,9-10,12H2,1H3. The van der Waals surface area contributed by atoms with Crippen LogP contribution >= 0.6 is 11.6 Å². The lowest BCUT2D eigenvalue weighted by molar-refractivity contribution is 0.236. The molecule has 3 heterocycles. The predicted octanol–water partition coefficient (Wildman–Crippen LogP) is 3.66. The summed E-state index contributed by atoms with van der Waals surface area (Å²) in [5, 5.41) is 10.7. The van der Waals surface area contributed by atoms with Crippen molar-refractivity contribution in [1.82, 2.24) is 14.5 Å². The van der Waals surface area contributed by atoms with Crippen LogP contribution in [0.1, 0.15) is 32.2 Å². The summed E-state index contributed by atoms with van der Waals surface area (Å²) in [6.07, 6.45) is 4.93. The van der Waals surface area contributed by atoms with Crippen LogP contribution in [-0.2, 0) is 0 Å². The summed E-state index contributed by atoms with van der Waals surface area (Å²) in [7, 11) is 0. The van der Waals surface area contributed by atoms with Crippen molar-refractivity contribution in [2.45, 2.75) is 32.2 Å². The minimum absolute atomic E-state index is 0.124. The fraction of sp³-hybridized carbons (Fsp3) is 0.381. The number of benzene rings is 1. The maximum atomic E-state index is 13.1. The summed E-state index contributed by atoms with van der Waals surface area (Å²) in [6.45, 7) is 3.48. The number of aliphatic hydroxyl groups is 1. The van der Waals surface area contributed by atoms with Gasteiger partial charge in [0.25, 0.3) is 5.56 Å². The number of piperidine rings is 1. The van der Waals surface area contributed by atoms with Crippen molar-refractivity contribution in [1.29, 1.82) is 0 Å². The average Bonchev–Trinajstić information content (AvgIpc) is 2.74. The van der Waals surface area contributed by atoms with E-state index in [4.69, 9.17) is 16.6 Å². The molecule has 0 saturated carbocycles. The topological polar surface area (TPSA) is 71.2 Å². The summed E-state index contributed by atoms with van der Waals surface area (Å²) in [4.78, 5) is 24.8. The number of hydrogen-bond donors (Lipinski definition) is 1. The first-order valence-electron chi connectivity index (χ1n) is 9.62. The number of halogens is 1. The Bertz CT molecular complexity index is 1040. The molecule has 0 aliphatic carbocycles. The minimum Gasteiger partial charge on any atom is -0.394 e. The van der Waals surface area contributed by atoms with E-state index in [1.165, 1.54) is 17.3 Å². The predicted molar refractivity (Wildman–Crippen MR) is 112 cm³/mol. The second-order valence-electron chi connectivity index (χ2n) is 7.27. The molecular formula is C21H23ClN4O2. The van der Waals surface area contributed by atoms with E-state index in [2.05, 4.69) is 9.88 Å². The maximum absolute atomic E-state index is 13.1. The van der Waals surface area contributed by atoms with Gasteiger partial charge in [-0.25, -0.2) is 9.97 Å². The molecular weight excluding hydrogens is 376 g/mol. The molecule has 7 heteroatoms. The third-order valence-corrected chi connectivity index (χ3v) is 5.54. The zero-order chi connectivity index (χ0) is 19.7. The largest absolute Gasteiger partial charge is 0.394 e. The monoisotopic (exact) mass is 398 g/mol. The number of pyridine rings is 1. The molecule has 28 heavy (non-hydrogen) atoms. The molecule has 4 rings (SSSR count). The van der Waals surface area contributed by atoms with E-state index in [-0.39, 0.29) is 18.2 Å². The smallest absolute Gasteiger partial charge is 0.261 e. The van der Waals surface area contributed by atoms with Gasteiger partial charge in [-0.15, -0.1) is 0 Å². The molecule has 0 amide bonds. The Kier molecular flexibility index (Phi) is 5.33. The normalized spacial score (nSPS) is 15.8. The molecule has 6 nitrogen and oxygen atoms in total. The first kappa shape index (κ1) is 18.9. The molecule has 1 aliphatic rings. The van der Waals surface area contributed by atoms with E-state index >= 15 is 0 Å². The van der Waals surface area contributed by atoms with Gasteiger partial charge in [-0.05, 0) is 44.4 Å². The molecule has 1 saturated heterocycles. The van der Waals surface area contributed by atoms with Crippen LogP contribution in [0.2, 0.25) is 5.02 Å². The number of hydrogen-bond acceptors (Lipinski definition) is 5. The Balaban J connectivity index is 1.95. The Morgan fingerprint density at radius 3 is 2.57 bits per heavy atom. The van der Waals surface area contributed by atoms with Crippen molar-refractivity contribution in [2.24, 2.45) is 0 Å². The fourth-order valence-corrected chi connectivity index (χ4v) is 3.75. The Labute approximate surface area is 168 Å². The highest BCUT2D eigenvalue weighted by atomic mass is 35.5. The number of anilines is 1. The first-order chi connectivity index (χ1) is 13.6. The molecule has 1 unspecified atom stereocenters. The van der Waals surface area contributed by atoms with Gasteiger partial charge in [-0.1, -0.05) is 23.7 Å². The fourth-order valence-electron chi connectivity index (χ4n) is 3.62. The SMILES string of the molecule is CC(CO)n1cnc2c(N3CCCCC3)nc(-c3ccc(Cl)cc3)cc2c1=O. The van der Waals surface area contributed by atoms with Gasteiger partial charge in [0.1, 0.15) is 5.52 Å². The molecule has 3 aromatic rings. The zero-order valence-electron chi connectivity index (χ0n) is 15.8. The molecule has 1 aromatic carbocycles. The highest BCUT2D eigenvalue weighted by Gasteiger charge is 2.20. The molecule has 1 atom stereocenters. The van der Waals surface area contributed by atoms with Crippen LogP contribution in [0.4, 0.5) is 5.82 Å². The van der Waals surface area contributed by atoms with Gasteiger partial charge in [-0.2, -0.15) is 0 Å². The van der Waals surface area contributed by atoms with Gasteiger partial charge in [0, 0.05) is 23.7 Å². The Morgan fingerprint density at radius 2 is 1.89 bits per heavy atom. The van der Waals surface area contributed by atoms with Crippen LogP contribution in [0, 0.1) is 0 Å². The zero-order valence-corrected chi connectivity index (χ0v) is 16.6. The molecule has 0 spiro atoms. The van der Waals surface area contributed by atoms with Gasteiger partial charge < -0.3 is 10.0 Å². The lowest BCUT2D eigenvalue weighted by Gasteiger charge is -2.29. The summed E-state index contributed by atoms with van der Waals surface area (Å²) >= 11 is 6.03. The lowest BCUT2D eigenvalue weighted by Crippen LogP contribution is -2.32. The average molecular weight is 399 g/mol. The number of fused-ring (bicyclic) bond motifs is 1. The van der Waals surface area contributed by atoms with Crippen LogP contribution in [-0.4, -0.2) is 39.3 Å². The van der Waals surface area contributed by atoms with Gasteiger partial charge in [0.15, 0.2) is 5.82 Å². The van der Waals surface area contributed by atoms with Crippen LogP contribution in [0.15, 0.2) is 41.5 Å². The van der Waals surface area contributed by atoms with E-state index in [1.807, 2.05) is 24.3 Å². The number of aromatic nitrogens is 3. The van der Waals surface area contributed by atoms with Crippen molar-refractivity contribution in [2.75, 3.05) is 24.6 Å². The molecule has 146 valence electrons. The summed E-state index contributed by atoms with van der Waals surface area (Å²) in [5.74, 6) is 0.753. The van der Waals surface area contributed by atoms with Crippen LogP contribution < -0.4 is 10.5 Å². The first-order valence-corrected chi connectivity index (χ1v) is 10.00. The van der Waals surface area contributed by atoms with E-state index in [1.54, 1.807) is 13.0 Å². The van der Waals surface area contributed by atoms with E-state index in [0.717, 1.165) is 43.0 Å². The molecule has 1 aliphatic heterocycles. The second kappa shape index (κ2) is 7.89. The third kappa shape index (κ3) is 3.50. The number of aliphatic hydroxyl groups excluding tert-OH is 1. The van der Waals surface area contributed by atoms with Crippen molar-refractivity contribution < 1.29 is 5.11 Å². The number of rotatable bonds is 4. The molecule has 0 bridgehead atoms. The Hall–Kier alpha value is -2.44. The van der Waals surface area contributed by atoms with Crippen LogP contribution in [0.3, 0.4) is 0 Å². The molecule has 1 N–H and O–H groups in total. The summed E-state index contributed by atoms with van der Waals surface area (Å²) < 4.78 is 1.48. The molecule has 2 aromatic heterocycles. The van der Waals surface area contributed by atoms with Crippen LogP contribution in [0.25, 0.3) is 22.2 Å². The lowest BCUT2D eigenvalue weighted by atomic mass is 10.1. The summed E-state index contributed by atoms with van der Waals surface area (Å²) in [6, 6.07) is 8.90. The minimum atomic E-state index is -0.338. The van der Waals surface area contributed by atoms with Crippen molar-refractivity contribution in [3.8, 4) is 11.3 Å². The van der Waals surface area contributed by atoms with Gasteiger partial charge in [-0.3, -0.25) is 9.36 Å². The molecule has 0 radical (unpaired) electrons. The number of nitrogens with zero attached hydrogens (tertiary/aromatic N) is 4. The Morgan fingerprint density at radius 1 is 1.18 bits per heavy atom. The second-order valence-corrected chi connectivity index (χ2v) is 7.71. The molecule has 1 fully saturated rings. The van der Waals surface area contributed by atoms with Crippen molar-refractivity contribution in [3.05, 3.63) is 52.0 Å². The van der Waals surface area contributed by atoms with Gasteiger partial charge in [0.05, 0.1) is 30.1 Å². The van der Waals surface area contributed by atoms with Gasteiger partial charge >= 0.3 is 0 Å². The summed E-state index contributed by atoms with van der Waals surface area (Å²) in [5.41, 5.74) is 2.07. The third-order valence-electron chi connectivity index (χ3n) is 5.29. The van der Waals surface area contributed by atoms with Crippen molar-refractivity contribution >= 4 is 28.3 Å². The van der Waals surface area contributed by atoms with E-state index < -0.39 is 0 Å².